The Bertz CT molecular complexity index is 1370. The van der Waals surface area contributed by atoms with E-state index in [9.17, 15) is 4.79 Å². The number of carboxylic acids is 1. The number of aromatic nitrogens is 3. The topological polar surface area (TPSA) is 86.5 Å². The number of nitrogens with zero attached hydrogens (tertiary/aromatic N) is 5. The van der Waals surface area contributed by atoms with Gasteiger partial charge in [-0.05, 0) is 52.6 Å². The molecule has 196 valence electrons. The highest BCUT2D eigenvalue weighted by molar-refractivity contribution is 6.30. The molecule has 0 amide bonds. The van der Waals surface area contributed by atoms with Crippen LogP contribution in [0, 0.1) is 0 Å². The maximum absolute atomic E-state index is 10.8. The Hall–Kier alpha value is -3.72. The Labute approximate surface area is 227 Å². The van der Waals surface area contributed by atoms with E-state index in [4.69, 9.17) is 16.7 Å². The third-order valence-corrected chi connectivity index (χ3v) is 6.91. The summed E-state index contributed by atoms with van der Waals surface area (Å²) in [7, 11) is 0. The summed E-state index contributed by atoms with van der Waals surface area (Å²) in [6.07, 6.45) is 1.99. The third-order valence-electron chi connectivity index (χ3n) is 6.66. The van der Waals surface area contributed by atoms with Crippen molar-refractivity contribution in [2.24, 2.45) is 0 Å². The van der Waals surface area contributed by atoms with Crippen LogP contribution < -0.4 is 5.32 Å². The summed E-state index contributed by atoms with van der Waals surface area (Å²) < 4.78 is 1.83. The first-order valence-electron chi connectivity index (χ1n) is 12.7. The molecule has 0 radical (unpaired) electrons. The van der Waals surface area contributed by atoms with Crippen LogP contribution in [0.3, 0.4) is 0 Å². The molecular formula is C29H31ClN6O2. The molecular weight excluding hydrogens is 500 g/mol. The minimum Gasteiger partial charge on any atom is -0.480 e. The van der Waals surface area contributed by atoms with Gasteiger partial charge >= 0.3 is 5.97 Å². The molecule has 2 heterocycles. The number of anilines is 1. The van der Waals surface area contributed by atoms with Crippen LogP contribution >= 0.6 is 11.6 Å². The normalized spacial score (nSPS) is 14.4. The zero-order valence-corrected chi connectivity index (χ0v) is 21.9. The SMILES string of the molecule is O=C(O)CNc1cccc(Cn2cc(CN3CCN(Cc4cccc(-c5ccc(Cl)cc5)c4)CC3)nn2)c1. The van der Waals surface area contributed by atoms with E-state index in [-0.39, 0.29) is 6.54 Å². The van der Waals surface area contributed by atoms with Crippen molar-refractivity contribution in [3.63, 3.8) is 0 Å². The predicted molar refractivity (Wildman–Crippen MR) is 149 cm³/mol. The molecule has 0 aliphatic carbocycles. The summed E-state index contributed by atoms with van der Waals surface area (Å²) in [5.41, 5.74) is 6.47. The van der Waals surface area contributed by atoms with Crippen LogP contribution in [0.25, 0.3) is 11.1 Å². The molecule has 1 aliphatic heterocycles. The molecule has 9 heteroatoms. The van der Waals surface area contributed by atoms with Gasteiger partial charge in [-0.3, -0.25) is 14.6 Å². The summed E-state index contributed by atoms with van der Waals surface area (Å²) in [6, 6.07) is 24.4. The third kappa shape index (κ3) is 7.19. The van der Waals surface area contributed by atoms with Crippen molar-refractivity contribution in [1.82, 2.24) is 24.8 Å². The van der Waals surface area contributed by atoms with Gasteiger partial charge in [-0.25, -0.2) is 4.68 Å². The molecule has 0 unspecified atom stereocenters. The number of nitrogens with one attached hydrogen (secondary N) is 1. The quantitative estimate of drug-likeness (QED) is 0.313. The van der Waals surface area contributed by atoms with E-state index in [0.717, 1.165) is 61.2 Å². The van der Waals surface area contributed by atoms with Gasteiger partial charge in [0.15, 0.2) is 0 Å². The number of hydrogen-bond acceptors (Lipinski definition) is 6. The van der Waals surface area contributed by atoms with E-state index < -0.39 is 5.97 Å². The highest BCUT2D eigenvalue weighted by Crippen LogP contribution is 2.23. The molecule has 4 aromatic rings. The predicted octanol–water partition coefficient (Wildman–Crippen LogP) is 4.46. The lowest BCUT2D eigenvalue weighted by molar-refractivity contribution is -0.134. The van der Waals surface area contributed by atoms with Gasteiger partial charge in [-0.2, -0.15) is 0 Å². The van der Waals surface area contributed by atoms with Crippen LogP contribution in [0.1, 0.15) is 16.8 Å². The fraction of sp³-hybridized carbons (Fsp3) is 0.276. The lowest BCUT2D eigenvalue weighted by atomic mass is 10.0. The van der Waals surface area contributed by atoms with Crippen molar-refractivity contribution in [2.75, 3.05) is 38.0 Å². The van der Waals surface area contributed by atoms with Crippen molar-refractivity contribution in [2.45, 2.75) is 19.6 Å². The first-order chi connectivity index (χ1) is 18.5. The van der Waals surface area contributed by atoms with Gasteiger partial charge in [0.25, 0.3) is 0 Å². The van der Waals surface area contributed by atoms with Crippen LogP contribution in [0.2, 0.25) is 5.02 Å². The second kappa shape index (κ2) is 12.2. The maximum Gasteiger partial charge on any atom is 0.322 e. The number of carboxylic acid groups (broad SMARTS) is 1. The number of carbonyl (C=O) groups is 1. The van der Waals surface area contributed by atoms with Crippen LogP contribution in [0.4, 0.5) is 5.69 Å². The van der Waals surface area contributed by atoms with E-state index in [1.165, 1.54) is 16.7 Å². The monoisotopic (exact) mass is 530 g/mol. The van der Waals surface area contributed by atoms with Crippen molar-refractivity contribution in [3.05, 3.63) is 101 Å². The van der Waals surface area contributed by atoms with E-state index in [1.54, 1.807) is 0 Å². The molecule has 0 saturated carbocycles. The van der Waals surface area contributed by atoms with Crippen molar-refractivity contribution < 1.29 is 9.90 Å². The summed E-state index contributed by atoms with van der Waals surface area (Å²) in [6.45, 7) is 6.18. The van der Waals surface area contributed by atoms with Gasteiger partial charge in [0.1, 0.15) is 6.54 Å². The first-order valence-corrected chi connectivity index (χ1v) is 13.1. The molecule has 5 rings (SSSR count). The minimum absolute atomic E-state index is 0.111. The summed E-state index contributed by atoms with van der Waals surface area (Å²) in [5.74, 6) is -0.888. The van der Waals surface area contributed by atoms with Gasteiger partial charge in [-0.15, -0.1) is 5.10 Å². The Morgan fingerprint density at radius 2 is 1.53 bits per heavy atom. The molecule has 1 saturated heterocycles. The Morgan fingerprint density at radius 3 is 2.26 bits per heavy atom. The second-order valence-electron chi connectivity index (χ2n) is 9.61. The summed E-state index contributed by atoms with van der Waals surface area (Å²) in [5, 5.41) is 21.2. The average molecular weight is 531 g/mol. The first kappa shape index (κ1) is 25.9. The summed E-state index contributed by atoms with van der Waals surface area (Å²) >= 11 is 6.04. The zero-order valence-electron chi connectivity index (χ0n) is 21.1. The van der Waals surface area contributed by atoms with Crippen molar-refractivity contribution >= 4 is 23.3 Å². The standard InChI is InChI=1S/C29H31ClN6O2/c30-26-9-7-24(8-10-26)25-5-1-3-22(15-25)18-34-11-13-35(14-12-34)20-28-21-36(33-32-28)19-23-4-2-6-27(16-23)31-17-29(37)38/h1-10,15-16,21,31H,11-14,17-20H2,(H,37,38). The van der Waals surface area contributed by atoms with E-state index >= 15 is 0 Å². The zero-order chi connectivity index (χ0) is 26.3. The maximum atomic E-state index is 10.8. The molecule has 38 heavy (non-hydrogen) atoms. The average Bonchev–Trinajstić information content (AvgIpc) is 3.36. The van der Waals surface area contributed by atoms with Crippen LogP contribution in [-0.4, -0.2) is 68.6 Å². The lowest BCUT2D eigenvalue weighted by Crippen LogP contribution is -2.45. The fourth-order valence-electron chi connectivity index (χ4n) is 4.72. The van der Waals surface area contributed by atoms with Crippen molar-refractivity contribution in [3.8, 4) is 11.1 Å². The molecule has 8 nitrogen and oxygen atoms in total. The van der Waals surface area contributed by atoms with E-state index in [1.807, 2.05) is 47.3 Å². The molecule has 1 fully saturated rings. The molecule has 0 atom stereocenters. The molecule has 0 spiro atoms. The minimum atomic E-state index is -0.888. The van der Waals surface area contributed by atoms with E-state index in [0.29, 0.717) is 6.54 Å². The molecule has 1 aliphatic rings. The molecule has 2 N–H and O–H groups in total. The smallest absolute Gasteiger partial charge is 0.322 e. The van der Waals surface area contributed by atoms with Crippen LogP contribution in [-0.2, 0) is 24.4 Å². The Morgan fingerprint density at radius 1 is 0.842 bits per heavy atom. The number of aliphatic carboxylic acids is 1. The number of piperazine rings is 1. The number of halogens is 1. The van der Waals surface area contributed by atoms with E-state index in [2.05, 4.69) is 61.8 Å². The largest absolute Gasteiger partial charge is 0.480 e. The number of benzene rings is 3. The Kier molecular flexibility index (Phi) is 8.33. The molecule has 0 bridgehead atoms. The van der Waals surface area contributed by atoms with Gasteiger partial charge in [0, 0.05) is 50.0 Å². The second-order valence-corrected chi connectivity index (χ2v) is 10.1. The van der Waals surface area contributed by atoms with Crippen LogP contribution in [0.15, 0.2) is 79.0 Å². The molecule has 1 aromatic heterocycles. The fourth-order valence-corrected chi connectivity index (χ4v) is 4.84. The van der Waals surface area contributed by atoms with Crippen LogP contribution in [0.5, 0.6) is 0 Å². The van der Waals surface area contributed by atoms with Gasteiger partial charge in [0.05, 0.1) is 18.4 Å². The van der Waals surface area contributed by atoms with Gasteiger partial charge < -0.3 is 10.4 Å². The lowest BCUT2D eigenvalue weighted by Gasteiger charge is -2.34. The Balaban J connectivity index is 1.10. The van der Waals surface area contributed by atoms with Gasteiger partial charge in [-0.1, -0.05) is 59.3 Å². The number of hydrogen-bond donors (Lipinski definition) is 2. The van der Waals surface area contributed by atoms with Crippen molar-refractivity contribution in [1.29, 1.82) is 0 Å². The molecule has 3 aromatic carbocycles. The highest BCUT2D eigenvalue weighted by atomic mass is 35.5. The summed E-state index contributed by atoms with van der Waals surface area (Å²) in [4.78, 5) is 15.7. The highest BCUT2D eigenvalue weighted by Gasteiger charge is 2.18. The number of rotatable bonds is 10. The van der Waals surface area contributed by atoms with Gasteiger partial charge in [0.2, 0.25) is 0 Å².